The first-order chi connectivity index (χ1) is 4.92. The van der Waals surface area contributed by atoms with Crippen molar-refractivity contribution in [1.82, 2.24) is 10.2 Å². The topological polar surface area (TPSA) is 17.3 Å². The number of hydrogen-bond acceptors (Lipinski definition) is 1. The van der Waals surface area contributed by atoms with Crippen LogP contribution in [0.1, 0.15) is 19.8 Å². The average Bonchev–Trinajstić information content (AvgIpc) is 2.19. The second kappa shape index (κ2) is 2.51. The first kappa shape index (κ1) is 6.62. The number of hydrogen-bond donors (Lipinski definition) is 0. The van der Waals surface area contributed by atoms with E-state index in [4.69, 9.17) is 0 Å². The lowest BCUT2D eigenvalue weighted by molar-refractivity contribution is 0.160. The number of rotatable bonds is 1. The van der Waals surface area contributed by atoms with Gasteiger partial charge in [-0.2, -0.15) is 0 Å². The molecule has 2 fully saturated rings. The second-order valence-electron chi connectivity index (χ2n) is 3.30. The summed E-state index contributed by atoms with van der Waals surface area (Å²) >= 11 is 0. The SMILES string of the molecule is CCN1C2CCC1C[N]C2. The van der Waals surface area contributed by atoms with Crippen LogP contribution in [0.15, 0.2) is 0 Å². The predicted octanol–water partition coefficient (Wildman–Crippen LogP) is 0.457. The van der Waals surface area contributed by atoms with Crippen molar-refractivity contribution >= 4 is 0 Å². The third-order valence-electron chi connectivity index (χ3n) is 2.82. The van der Waals surface area contributed by atoms with Gasteiger partial charge in [0, 0.05) is 25.2 Å². The van der Waals surface area contributed by atoms with Gasteiger partial charge >= 0.3 is 0 Å². The summed E-state index contributed by atoms with van der Waals surface area (Å²) < 4.78 is 0. The molecule has 2 aliphatic heterocycles. The summed E-state index contributed by atoms with van der Waals surface area (Å²) in [5.74, 6) is 0. The molecule has 2 nitrogen and oxygen atoms in total. The van der Waals surface area contributed by atoms with Gasteiger partial charge in [0.1, 0.15) is 0 Å². The van der Waals surface area contributed by atoms with Crippen LogP contribution in [-0.2, 0) is 0 Å². The molecule has 0 spiro atoms. The highest BCUT2D eigenvalue weighted by molar-refractivity contribution is 4.93. The molecule has 2 rings (SSSR count). The third kappa shape index (κ3) is 0.867. The Morgan fingerprint density at radius 1 is 1.30 bits per heavy atom. The zero-order valence-electron chi connectivity index (χ0n) is 6.58. The molecule has 57 valence electrons. The first-order valence-electron chi connectivity index (χ1n) is 4.31. The van der Waals surface area contributed by atoms with Crippen LogP contribution >= 0.6 is 0 Å². The van der Waals surface area contributed by atoms with Crippen molar-refractivity contribution in [2.45, 2.75) is 31.8 Å². The van der Waals surface area contributed by atoms with Crippen molar-refractivity contribution in [2.75, 3.05) is 19.6 Å². The average molecular weight is 139 g/mol. The monoisotopic (exact) mass is 139 g/mol. The molecular weight excluding hydrogens is 124 g/mol. The Kier molecular flexibility index (Phi) is 1.66. The van der Waals surface area contributed by atoms with Gasteiger partial charge in [0.2, 0.25) is 0 Å². The molecule has 2 aliphatic rings. The summed E-state index contributed by atoms with van der Waals surface area (Å²) in [5, 5.41) is 4.46. The molecule has 2 atom stereocenters. The minimum Gasteiger partial charge on any atom is -0.295 e. The lowest BCUT2D eigenvalue weighted by atomic mass is 10.2. The van der Waals surface area contributed by atoms with Crippen LogP contribution in [0, 0.1) is 0 Å². The number of likely N-dealkylation sites (N-methyl/N-ethyl adjacent to an activating group) is 1. The van der Waals surface area contributed by atoms with Crippen LogP contribution in [0.2, 0.25) is 0 Å². The quantitative estimate of drug-likeness (QED) is 0.516. The van der Waals surface area contributed by atoms with Crippen molar-refractivity contribution in [2.24, 2.45) is 0 Å². The van der Waals surface area contributed by atoms with Crippen LogP contribution < -0.4 is 5.32 Å². The summed E-state index contributed by atoms with van der Waals surface area (Å²) in [5.41, 5.74) is 0. The smallest absolute Gasteiger partial charge is 0.0290 e. The molecule has 0 N–H and O–H groups in total. The molecule has 10 heavy (non-hydrogen) atoms. The van der Waals surface area contributed by atoms with Crippen molar-refractivity contribution in [3.05, 3.63) is 0 Å². The maximum absolute atomic E-state index is 4.46. The Labute approximate surface area is 62.6 Å². The minimum atomic E-state index is 0.809. The van der Waals surface area contributed by atoms with Gasteiger partial charge in [-0.25, -0.2) is 5.32 Å². The largest absolute Gasteiger partial charge is 0.295 e. The van der Waals surface area contributed by atoms with E-state index in [1.54, 1.807) is 0 Å². The van der Waals surface area contributed by atoms with E-state index in [9.17, 15) is 0 Å². The van der Waals surface area contributed by atoms with Gasteiger partial charge < -0.3 is 0 Å². The summed E-state index contributed by atoms with van der Waals surface area (Å²) in [7, 11) is 0. The summed E-state index contributed by atoms with van der Waals surface area (Å²) in [6, 6.07) is 1.62. The zero-order valence-corrected chi connectivity index (χ0v) is 6.58. The van der Waals surface area contributed by atoms with Crippen LogP contribution in [0.25, 0.3) is 0 Å². The summed E-state index contributed by atoms with van der Waals surface area (Å²) in [6.45, 7) is 5.69. The molecule has 2 unspecified atom stereocenters. The lowest BCUT2D eigenvalue weighted by Gasteiger charge is -2.33. The molecule has 0 saturated carbocycles. The fourth-order valence-corrected chi connectivity index (χ4v) is 2.30. The molecule has 2 bridgehead atoms. The van der Waals surface area contributed by atoms with Crippen LogP contribution in [0.3, 0.4) is 0 Å². The van der Waals surface area contributed by atoms with Gasteiger partial charge in [0.05, 0.1) is 0 Å². The van der Waals surface area contributed by atoms with E-state index in [-0.39, 0.29) is 0 Å². The van der Waals surface area contributed by atoms with Crippen LogP contribution in [-0.4, -0.2) is 36.6 Å². The minimum absolute atomic E-state index is 0.809. The van der Waals surface area contributed by atoms with E-state index in [1.807, 2.05) is 0 Å². The highest BCUT2D eigenvalue weighted by Crippen LogP contribution is 2.26. The molecule has 1 radical (unpaired) electrons. The summed E-state index contributed by atoms with van der Waals surface area (Å²) in [6.07, 6.45) is 2.78. The normalized spacial score (nSPS) is 40.5. The Morgan fingerprint density at radius 3 is 2.30 bits per heavy atom. The maximum Gasteiger partial charge on any atom is 0.0290 e. The van der Waals surface area contributed by atoms with Gasteiger partial charge in [0.15, 0.2) is 0 Å². The third-order valence-corrected chi connectivity index (χ3v) is 2.82. The molecule has 0 aromatic carbocycles. The molecule has 0 aliphatic carbocycles. The van der Waals surface area contributed by atoms with E-state index in [0.717, 1.165) is 25.2 Å². The Morgan fingerprint density at radius 2 is 1.90 bits per heavy atom. The second-order valence-corrected chi connectivity index (χ2v) is 3.30. The summed E-state index contributed by atoms with van der Waals surface area (Å²) in [4.78, 5) is 2.62. The number of piperazine rings is 1. The molecule has 0 aromatic heterocycles. The van der Waals surface area contributed by atoms with E-state index in [0.29, 0.717) is 0 Å². The Bertz CT molecular complexity index is 108. The molecule has 2 heterocycles. The van der Waals surface area contributed by atoms with E-state index < -0.39 is 0 Å². The highest BCUT2D eigenvalue weighted by Gasteiger charge is 2.35. The van der Waals surface area contributed by atoms with E-state index >= 15 is 0 Å². The fraction of sp³-hybridized carbons (Fsp3) is 1.00. The maximum atomic E-state index is 4.46. The van der Waals surface area contributed by atoms with Crippen molar-refractivity contribution in [1.29, 1.82) is 0 Å². The van der Waals surface area contributed by atoms with E-state index in [1.165, 1.54) is 19.4 Å². The molecule has 2 heteroatoms. The Hall–Kier alpha value is -0.0800. The first-order valence-corrected chi connectivity index (χ1v) is 4.31. The van der Waals surface area contributed by atoms with Crippen LogP contribution in [0.4, 0.5) is 0 Å². The fourth-order valence-electron chi connectivity index (χ4n) is 2.30. The number of nitrogens with zero attached hydrogens (tertiary/aromatic N) is 2. The number of fused-ring (bicyclic) bond motifs is 2. The van der Waals surface area contributed by atoms with Gasteiger partial charge in [-0.15, -0.1) is 0 Å². The van der Waals surface area contributed by atoms with Gasteiger partial charge in [0.25, 0.3) is 0 Å². The molecule has 0 amide bonds. The van der Waals surface area contributed by atoms with Gasteiger partial charge in [-0.1, -0.05) is 6.92 Å². The van der Waals surface area contributed by atoms with Crippen molar-refractivity contribution in [3.8, 4) is 0 Å². The van der Waals surface area contributed by atoms with Crippen LogP contribution in [0.5, 0.6) is 0 Å². The van der Waals surface area contributed by atoms with Crippen molar-refractivity contribution in [3.63, 3.8) is 0 Å². The Balaban J connectivity index is 2.06. The van der Waals surface area contributed by atoms with Gasteiger partial charge in [-0.3, -0.25) is 4.90 Å². The zero-order chi connectivity index (χ0) is 6.97. The molecule has 0 aromatic rings. The van der Waals surface area contributed by atoms with E-state index in [2.05, 4.69) is 17.1 Å². The van der Waals surface area contributed by atoms with Gasteiger partial charge in [-0.05, 0) is 19.4 Å². The lowest BCUT2D eigenvalue weighted by Crippen LogP contribution is -2.48. The highest BCUT2D eigenvalue weighted by atomic mass is 15.3. The predicted molar refractivity (Wildman–Crippen MR) is 41.1 cm³/mol. The standard InChI is InChI=1S/C8H15N2/c1-2-10-7-3-4-8(10)6-9-5-7/h7-8H,2-6H2,1H3. The van der Waals surface area contributed by atoms with Crippen molar-refractivity contribution < 1.29 is 0 Å². The molecular formula is C8H15N2. The molecule has 2 saturated heterocycles.